The first kappa shape index (κ1) is 21.3. The van der Waals surface area contributed by atoms with Gasteiger partial charge < -0.3 is 14.2 Å². The topological polar surface area (TPSA) is 70.8 Å². The van der Waals surface area contributed by atoms with Gasteiger partial charge in [0.2, 0.25) is 0 Å². The highest BCUT2D eigenvalue weighted by atomic mass is 16.5. The Bertz CT molecular complexity index is 857. The lowest BCUT2D eigenvalue weighted by Gasteiger charge is -2.19. The number of carbonyl (C=O) groups is 1. The molecule has 0 radical (unpaired) electrons. The monoisotopic (exact) mass is 381 g/mol. The van der Waals surface area contributed by atoms with Gasteiger partial charge in [-0.1, -0.05) is 48.1 Å². The highest BCUT2D eigenvalue weighted by molar-refractivity contribution is 5.99. The number of hydrogen-bond donors (Lipinski definition) is 1. The van der Waals surface area contributed by atoms with Crippen LogP contribution >= 0.6 is 0 Å². The van der Waals surface area contributed by atoms with Crippen LogP contribution in [0.2, 0.25) is 0 Å². The Morgan fingerprint density at radius 1 is 1.18 bits per heavy atom. The maximum Gasteiger partial charge on any atom is 0.342 e. The fourth-order valence-electron chi connectivity index (χ4n) is 2.89. The van der Waals surface area contributed by atoms with Gasteiger partial charge in [0.15, 0.2) is 0 Å². The van der Waals surface area contributed by atoms with E-state index in [0.29, 0.717) is 29.0 Å². The molecule has 2 rings (SSSR count). The molecule has 0 fully saturated rings. The van der Waals surface area contributed by atoms with E-state index in [0.717, 1.165) is 23.1 Å². The molecular weight excluding hydrogens is 354 g/mol. The zero-order chi connectivity index (χ0) is 20.5. The summed E-state index contributed by atoms with van der Waals surface area (Å²) in [6.07, 6.45) is 5.11. The lowest BCUT2D eigenvalue weighted by Crippen LogP contribution is -2.15. The third kappa shape index (κ3) is 5.24. The molecule has 0 saturated carbocycles. The minimum absolute atomic E-state index is 0.0704. The van der Waals surface area contributed by atoms with Crippen LogP contribution in [-0.2, 0) is 11.2 Å². The van der Waals surface area contributed by atoms with Crippen molar-refractivity contribution in [2.45, 2.75) is 19.8 Å². The van der Waals surface area contributed by atoms with Crippen LogP contribution < -0.4 is 15.2 Å². The van der Waals surface area contributed by atoms with Crippen molar-refractivity contribution in [2.75, 3.05) is 21.0 Å². The van der Waals surface area contributed by atoms with Crippen LogP contribution in [-0.4, -0.2) is 26.9 Å². The van der Waals surface area contributed by atoms with Crippen LogP contribution in [0.1, 0.15) is 40.4 Å². The summed E-state index contributed by atoms with van der Waals surface area (Å²) < 4.78 is 16.3. The van der Waals surface area contributed by atoms with E-state index in [9.17, 15) is 4.79 Å². The van der Waals surface area contributed by atoms with Crippen molar-refractivity contribution in [3.05, 3.63) is 70.8 Å². The molecule has 2 aromatic rings. The SMILES string of the molecule is C=C(C)CCc1c(OC)cc(C=Cc2ccccc2)c(C(=O)OC)c1OCN. The van der Waals surface area contributed by atoms with Crippen molar-refractivity contribution in [3.63, 3.8) is 0 Å². The second kappa shape index (κ2) is 10.3. The van der Waals surface area contributed by atoms with E-state index in [1.807, 2.05) is 55.5 Å². The molecule has 0 aliphatic rings. The largest absolute Gasteiger partial charge is 0.496 e. The molecule has 0 atom stereocenters. The Labute approximate surface area is 166 Å². The van der Waals surface area contributed by atoms with Gasteiger partial charge in [0.1, 0.15) is 23.8 Å². The van der Waals surface area contributed by atoms with Gasteiger partial charge in [0.25, 0.3) is 0 Å². The van der Waals surface area contributed by atoms with Gasteiger partial charge in [-0.05, 0) is 37.0 Å². The summed E-state index contributed by atoms with van der Waals surface area (Å²) in [5.74, 6) is 0.531. The van der Waals surface area contributed by atoms with Crippen molar-refractivity contribution in [1.82, 2.24) is 0 Å². The molecule has 148 valence electrons. The smallest absolute Gasteiger partial charge is 0.342 e. The fourth-order valence-corrected chi connectivity index (χ4v) is 2.89. The van der Waals surface area contributed by atoms with E-state index >= 15 is 0 Å². The standard InChI is InChI=1S/C23H27NO4/c1-16(2)10-13-19-20(26-3)14-18(12-11-17-8-6-5-7-9-17)21(23(25)27-4)22(19)28-15-24/h5-9,11-12,14H,1,10,13,15,24H2,2-4H3. The van der Waals surface area contributed by atoms with Gasteiger partial charge in [-0.3, -0.25) is 5.73 Å². The average molecular weight is 381 g/mol. The third-order valence-corrected chi connectivity index (χ3v) is 4.27. The number of methoxy groups -OCH3 is 2. The Kier molecular flexibility index (Phi) is 7.84. The van der Waals surface area contributed by atoms with E-state index in [1.165, 1.54) is 7.11 Å². The molecule has 5 heteroatoms. The average Bonchev–Trinajstić information content (AvgIpc) is 2.71. The normalized spacial score (nSPS) is 10.7. The van der Waals surface area contributed by atoms with Crippen LogP contribution in [0.25, 0.3) is 12.2 Å². The van der Waals surface area contributed by atoms with E-state index in [4.69, 9.17) is 19.9 Å². The fraction of sp³-hybridized carbons (Fsp3) is 0.261. The predicted octanol–water partition coefficient (Wildman–Crippen LogP) is 4.46. The van der Waals surface area contributed by atoms with Gasteiger partial charge >= 0.3 is 5.97 Å². The number of carbonyl (C=O) groups excluding carboxylic acids is 1. The minimum Gasteiger partial charge on any atom is -0.496 e. The predicted molar refractivity (Wildman–Crippen MR) is 113 cm³/mol. The molecule has 0 amide bonds. The maximum atomic E-state index is 12.6. The molecule has 0 aliphatic carbocycles. The molecule has 0 heterocycles. The molecule has 2 aromatic carbocycles. The number of hydrogen-bond acceptors (Lipinski definition) is 5. The Morgan fingerprint density at radius 3 is 2.46 bits per heavy atom. The first-order valence-electron chi connectivity index (χ1n) is 9.04. The number of allylic oxidation sites excluding steroid dienone is 1. The molecule has 28 heavy (non-hydrogen) atoms. The number of esters is 1. The molecule has 0 aliphatic heterocycles. The second-order valence-corrected chi connectivity index (χ2v) is 6.35. The van der Waals surface area contributed by atoms with Gasteiger partial charge in [-0.2, -0.15) is 0 Å². The van der Waals surface area contributed by atoms with Gasteiger partial charge in [0, 0.05) is 5.56 Å². The maximum absolute atomic E-state index is 12.6. The van der Waals surface area contributed by atoms with Crippen LogP contribution in [0.3, 0.4) is 0 Å². The minimum atomic E-state index is -0.490. The summed E-state index contributed by atoms with van der Waals surface area (Å²) in [5, 5.41) is 0. The van der Waals surface area contributed by atoms with Crippen molar-refractivity contribution in [3.8, 4) is 11.5 Å². The molecule has 0 unspecified atom stereocenters. The highest BCUT2D eigenvalue weighted by Crippen LogP contribution is 2.38. The number of ether oxygens (including phenoxy) is 3. The first-order chi connectivity index (χ1) is 13.5. The van der Waals surface area contributed by atoms with Gasteiger partial charge in [0.05, 0.1) is 14.2 Å². The summed E-state index contributed by atoms with van der Waals surface area (Å²) in [6.45, 7) is 5.83. The molecule has 0 saturated heterocycles. The van der Waals surface area contributed by atoms with E-state index in [2.05, 4.69) is 6.58 Å². The lowest BCUT2D eigenvalue weighted by atomic mass is 9.96. The van der Waals surface area contributed by atoms with E-state index in [-0.39, 0.29) is 6.73 Å². The van der Waals surface area contributed by atoms with Crippen molar-refractivity contribution < 1.29 is 19.0 Å². The van der Waals surface area contributed by atoms with E-state index < -0.39 is 5.97 Å². The second-order valence-electron chi connectivity index (χ2n) is 6.35. The van der Waals surface area contributed by atoms with Crippen molar-refractivity contribution in [2.24, 2.45) is 5.73 Å². The third-order valence-electron chi connectivity index (χ3n) is 4.27. The molecule has 0 aromatic heterocycles. The summed E-state index contributed by atoms with van der Waals surface area (Å²) in [7, 11) is 2.94. The molecule has 2 N–H and O–H groups in total. The quantitative estimate of drug-likeness (QED) is 0.301. The van der Waals surface area contributed by atoms with E-state index in [1.54, 1.807) is 7.11 Å². The van der Waals surface area contributed by atoms with Crippen LogP contribution in [0.5, 0.6) is 11.5 Å². The summed E-state index contributed by atoms with van der Waals surface area (Å²) >= 11 is 0. The lowest BCUT2D eigenvalue weighted by molar-refractivity contribution is 0.0595. The van der Waals surface area contributed by atoms with Crippen molar-refractivity contribution in [1.29, 1.82) is 0 Å². The van der Waals surface area contributed by atoms with Crippen LogP contribution in [0.15, 0.2) is 48.6 Å². The summed E-state index contributed by atoms with van der Waals surface area (Å²) in [5.41, 5.74) is 9.42. The highest BCUT2D eigenvalue weighted by Gasteiger charge is 2.24. The van der Waals surface area contributed by atoms with Gasteiger partial charge in [-0.25, -0.2) is 4.79 Å². The molecule has 5 nitrogen and oxygen atoms in total. The molecule has 0 bridgehead atoms. The Morgan fingerprint density at radius 2 is 1.89 bits per heavy atom. The Hall–Kier alpha value is -3.05. The van der Waals surface area contributed by atoms with Crippen LogP contribution in [0.4, 0.5) is 0 Å². The number of rotatable bonds is 9. The Balaban J connectivity index is 2.65. The zero-order valence-corrected chi connectivity index (χ0v) is 16.7. The zero-order valence-electron chi connectivity index (χ0n) is 16.7. The molecule has 0 spiro atoms. The molecular formula is C23H27NO4. The first-order valence-corrected chi connectivity index (χ1v) is 9.04. The number of benzene rings is 2. The summed E-state index contributed by atoms with van der Waals surface area (Å²) in [4.78, 5) is 12.6. The number of nitrogens with two attached hydrogens (primary N) is 1. The summed E-state index contributed by atoms with van der Waals surface area (Å²) in [6, 6.07) is 11.6. The van der Waals surface area contributed by atoms with Crippen LogP contribution in [0, 0.1) is 0 Å². The van der Waals surface area contributed by atoms with Crippen molar-refractivity contribution >= 4 is 18.1 Å². The van der Waals surface area contributed by atoms with Gasteiger partial charge in [-0.15, -0.1) is 6.58 Å².